The molecule has 0 atom stereocenters. The topological polar surface area (TPSA) is 80.9 Å². The number of hydrogen-bond acceptors (Lipinski definition) is 4. The van der Waals surface area contributed by atoms with Gasteiger partial charge in [0.25, 0.3) is 5.91 Å². The molecule has 0 aromatic carbocycles. The quantitative estimate of drug-likeness (QED) is 0.767. The predicted octanol–water partition coefficient (Wildman–Crippen LogP) is 0.541. The summed E-state index contributed by atoms with van der Waals surface area (Å²) in [5.74, 6) is -0.234. The Morgan fingerprint density at radius 1 is 1.71 bits per heavy atom. The molecular formula is C8H9ClN4O. The van der Waals surface area contributed by atoms with Crippen LogP contribution in [0.1, 0.15) is 10.4 Å². The van der Waals surface area contributed by atoms with Crippen LogP contribution in [0.2, 0.25) is 0 Å². The highest BCUT2D eigenvalue weighted by atomic mass is 35.5. The van der Waals surface area contributed by atoms with E-state index in [1.807, 2.05) is 0 Å². The third kappa shape index (κ3) is 2.70. The van der Waals surface area contributed by atoms with Crippen LogP contribution in [0.4, 0.5) is 5.82 Å². The molecule has 0 aliphatic rings. The highest BCUT2D eigenvalue weighted by Crippen LogP contribution is 2.04. The number of hydrogen-bond donors (Lipinski definition) is 2. The maximum Gasteiger partial charge on any atom is 0.256 e. The van der Waals surface area contributed by atoms with Gasteiger partial charge in [-0.25, -0.2) is 9.97 Å². The summed E-state index contributed by atoms with van der Waals surface area (Å²) >= 11 is 5.48. The van der Waals surface area contributed by atoms with Crippen molar-refractivity contribution in [2.75, 3.05) is 12.3 Å². The van der Waals surface area contributed by atoms with E-state index in [0.29, 0.717) is 5.03 Å². The second-order valence-corrected chi connectivity index (χ2v) is 3.06. The van der Waals surface area contributed by atoms with Crippen LogP contribution in [-0.2, 0) is 0 Å². The number of nitrogens with one attached hydrogen (secondary N) is 1. The summed E-state index contributed by atoms with van der Waals surface area (Å²) in [7, 11) is 0. The van der Waals surface area contributed by atoms with Crippen LogP contribution in [0.5, 0.6) is 0 Å². The zero-order chi connectivity index (χ0) is 10.6. The lowest BCUT2D eigenvalue weighted by Gasteiger charge is -2.04. The van der Waals surface area contributed by atoms with Gasteiger partial charge in [0.2, 0.25) is 0 Å². The first kappa shape index (κ1) is 10.5. The van der Waals surface area contributed by atoms with Gasteiger partial charge in [-0.15, -0.1) is 0 Å². The molecule has 74 valence electrons. The van der Waals surface area contributed by atoms with Crippen molar-refractivity contribution in [2.24, 2.45) is 0 Å². The van der Waals surface area contributed by atoms with Crippen molar-refractivity contribution in [3.63, 3.8) is 0 Å². The number of nitrogens with two attached hydrogens (primary N) is 1. The zero-order valence-corrected chi connectivity index (χ0v) is 8.08. The normalized spacial score (nSPS) is 9.50. The van der Waals surface area contributed by atoms with Crippen molar-refractivity contribution in [3.8, 4) is 0 Å². The first-order chi connectivity index (χ1) is 6.61. The molecule has 0 fully saturated rings. The highest BCUT2D eigenvalue weighted by Gasteiger charge is 2.09. The van der Waals surface area contributed by atoms with Crippen molar-refractivity contribution < 1.29 is 4.79 Å². The second kappa shape index (κ2) is 4.57. The summed E-state index contributed by atoms with van der Waals surface area (Å²) < 4.78 is 0. The standard InChI is InChI=1S/C8H9ClN4O/c1-5(9)2-12-8(14)6-3-11-4-13-7(6)10/h3-4H,1-2H2,(H,12,14)(H2,10,11,13). The Morgan fingerprint density at radius 2 is 2.43 bits per heavy atom. The number of aromatic nitrogens is 2. The molecule has 0 aliphatic heterocycles. The van der Waals surface area contributed by atoms with Gasteiger partial charge >= 0.3 is 0 Å². The molecule has 1 amide bonds. The fourth-order valence-corrected chi connectivity index (χ4v) is 0.852. The maximum atomic E-state index is 11.4. The summed E-state index contributed by atoms with van der Waals surface area (Å²) in [6.07, 6.45) is 2.61. The molecule has 0 aliphatic carbocycles. The van der Waals surface area contributed by atoms with E-state index < -0.39 is 0 Å². The summed E-state index contributed by atoms with van der Waals surface area (Å²) in [4.78, 5) is 18.8. The Balaban J connectivity index is 2.70. The molecule has 0 radical (unpaired) electrons. The Hall–Kier alpha value is -1.62. The Bertz CT molecular complexity index is 366. The minimum Gasteiger partial charge on any atom is -0.383 e. The molecule has 5 nitrogen and oxygen atoms in total. The lowest BCUT2D eigenvalue weighted by molar-refractivity contribution is 0.0958. The van der Waals surface area contributed by atoms with E-state index in [1.54, 1.807) is 0 Å². The van der Waals surface area contributed by atoms with Gasteiger partial charge < -0.3 is 11.1 Å². The Kier molecular flexibility index (Phi) is 3.41. The average molecular weight is 213 g/mol. The van der Waals surface area contributed by atoms with E-state index in [2.05, 4.69) is 21.9 Å². The maximum absolute atomic E-state index is 11.4. The second-order valence-electron chi connectivity index (χ2n) is 2.52. The molecule has 0 unspecified atom stereocenters. The van der Waals surface area contributed by atoms with Crippen molar-refractivity contribution in [2.45, 2.75) is 0 Å². The molecule has 0 saturated carbocycles. The van der Waals surface area contributed by atoms with Gasteiger partial charge in [0.1, 0.15) is 12.1 Å². The Morgan fingerprint density at radius 3 is 3.00 bits per heavy atom. The minimum atomic E-state index is -0.370. The number of carbonyl (C=O) groups excluding carboxylic acids is 1. The predicted molar refractivity (Wildman–Crippen MR) is 53.8 cm³/mol. The number of anilines is 1. The monoisotopic (exact) mass is 212 g/mol. The smallest absolute Gasteiger partial charge is 0.256 e. The lowest BCUT2D eigenvalue weighted by atomic mass is 10.3. The van der Waals surface area contributed by atoms with Gasteiger partial charge in [-0.2, -0.15) is 0 Å². The van der Waals surface area contributed by atoms with Crippen molar-refractivity contribution in [1.29, 1.82) is 0 Å². The van der Waals surface area contributed by atoms with Crippen LogP contribution in [0.25, 0.3) is 0 Å². The van der Waals surface area contributed by atoms with E-state index in [0.717, 1.165) is 0 Å². The molecule has 1 aromatic heterocycles. The zero-order valence-electron chi connectivity index (χ0n) is 7.33. The molecule has 3 N–H and O–H groups in total. The van der Waals surface area contributed by atoms with Gasteiger partial charge in [-0.3, -0.25) is 4.79 Å². The summed E-state index contributed by atoms with van der Waals surface area (Å²) in [6, 6.07) is 0. The van der Waals surface area contributed by atoms with E-state index in [9.17, 15) is 4.79 Å². The van der Waals surface area contributed by atoms with Gasteiger partial charge in [0.15, 0.2) is 0 Å². The number of carbonyl (C=O) groups is 1. The third-order valence-electron chi connectivity index (χ3n) is 1.43. The molecule has 1 aromatic rings. The SMILES string of the molecule is C=C(Cl)CNC(=O)c1cncnc1N. The molecule has 14 heavy (non-hydrogen) atoms. The molecule has 1 heterocycles. The number of halogens is 1. The van der Waals surface area contributed by atoms with Crippen LogP contribution >= 0.6 is 11.6 Å². The van der Waals surface area contributed by atoms with Crippen LogP contribution in [0.3, 0.4) is 0 Å². The molecular weight excluding hydrogens is 204 g/mol. The largest absolute Gasteiger partial charge is 0.383 e. The average Bonchev–Trinajstić information content (AvgIpc) is 2.15. The molecule has 6 heteroatoms. The van der Waals surface area contributed by atoms with Gasteiger partial charge in [-0.05, 0) is 0 Å². The van der Waals surface area contributed by atoms with Gasteiger partial charge in [-0.1, -0.05) is 18.2 Å². The summed E-state index contributed by atoms with van der Waals surface area (Å²) in [5, 5.41) is 2.85. The fraction of sp³-hybridized carbons (Fsp3) is 0.125. The number of rotatable bonds is 3. The first-order valence-corrected chi connectivity index (χ1v) is 4.16. The highest BCUT2D eigenvalue weighted by molar-refractivity contribution is 6.29. The number of nitrogens with zero attached hydrogens (tertiary/aromatic N) is 2. The van der Waals surface area contributed by atoms with Crippen LogP contribution in [0.15, 0.2) is 24.1 Å². The summed E-state index contributed by atoms with van der Waals surface area (Å²) in [5.41, 5.74) is 5.69. The summed E-state index contributed by atoms with van der Waals surface area (Å²) in [6.45, 7) is 3.62. The first-order valence-electron chi connectivity index (χ1n) is 3.78. The van der Waals surface area contributed by atoms with Crippen LogP contribution in [0, 0.1) is 0 Å². The molecule has 0 saturated heterocycles. The van der Waals surface area contributed by atoms with E-state index >= 15 is 0 Å². The van der Waals surface area contributed by atoms with E-state index in [4.69, 9.17) is 17.3 Å². The van der Waals surface area contributed by atoms with E-state index in [1.165, 1.54) is 12.5 Å². The Labute approximate surface area is 86.0 Å². The number of amides is 1. The lowest BCUT2D eigenvalue weighted by Crippen LogP contribution is -2.25. The molecule has 0 spiro atoms. The fourth-order valence-electron chi connectivity index (χ4n) is 0.785. The van der Waals surface area contributed by atoms with E-state index in [-0.39, 0.29) is 23.8 Å². The third-order valence-corrected chi connectivity index (χ3v) is 1.56. The van der Waals surface area contributed by atoms with Crippen molar-refractivity contribution >= 4 is 23.3 Å². The van der Waals surface area contributed by atoms with Gasteiger partial charge in [0, 0.05) is 11.2 Å². The van der Waals surface area contributed by atoms with Crippen LogP contribution < -0.4 is 11.1 Å². The molecule has 1 rings (SSSR count). The van der Waals surface area contributed by atoms with Gasteiger partial charge in [0.05, 0.1) is 12.1 Å². The van der Waals surface area contributed by atoms with Crippen molar-refractivity contribution in [3.05, 3.63) is 29.7 Å². The number of nitrogen functional groups attached to an aromatic ring is 1. The van der Waals surface area contributed by atoms with Crippen molar-refractivity contribution in [1.82, 2.24) is 15.3 Å². The van der Waals surface area contributed by atoms with Crippen LogP contribution in [-0.4, -0.2) is 22.4 Å². The minimum absolute atomic E-state index is 0.137. The molecule has 0 bridgehead atoms.